The van der Waals surface area contributed by atoms with Gasteiger partial charge < -0.3 is 9.67 Å². The fourth-order valence-corrected chi connectivity index (χ4v) is 8.02. The molecule has 1 fully saturated rings. The molecule has 0 atom stereocenters. The molecule has 0 unspecified atom stereocenters. The minimum atomic E-state index is -3.74. The summed E-state index contributed by atoms with van der Waals surface area (Å²) in [5.41, 5.74) is -0.0681. The number of hydrogen-bond donors (Lipinski definition) is 1. The fourth-order valence-electron chi connectivity index (χ4n) is 4.46. The molecule has 0 heterocycles. The molecule has 0 aliphatic heterocycles. The van der Waals surface area contributed by atoms with Gasteiger partial charge >= 0.3 is 0 Å². The molecule has 0 bridgehead atoms. The summed E-state index contributed by atoms with van der Waals surface area (Å²) in [7, 11) is -3.74. The van der Waals surface area contributed by atoms with E-state index in [9.17, 15) is 9.90 Å². The predicted molar refractivity (Wildman–Crippen MR) is 148 cm³/mol. The fraction of sp³-hybridized carbons (Fsp3) is 0.100. The highest BCUT2D eigenvalue weighted by atomic mass is 35.5. The van der Waals surface area contributed by atoms with E-state index in [0.29, 0.717) is 44.6 Å². The summed E-state index contributed by atoms with van der Waals surface area (Å²) in [5, 5.41) is 14.0. The Kier molecular flexibility index (Phi) is 6.76. The predicted octanol–water partition coefficient (Wildman–Crippen LogP) is 7.13. The van der Waals surface area contributed by atoms with Gasteiger partial charge in [-0.3, -0.25) is 4.79 Å². The van der Waals surface area contributed by atoms with Crippen LogP contribution in [0.2, 0.25) is 10.0 Å². The highest BCUT2D eigenvalue weighted by Crippen LogP contribution is 2.64. The molecule has 180 valence electrons. The van der Waals surface area contributed by atoms with Gasteiger partial charge in [-0.2, -0.15) is 0 Å². The quantitative estimate of drug-likeness (QED) is 0.156. The van der Waals surface area contributed by atoms with Crippen LogP contribution in [0.4, 0.5) is 0 Å². The number of carbonyl (C=O) groups excluding carboxylic acids is 1. The van der Waals surface area contributed by atoms with E-state index >= 15 is 4.57 Å². The van der Waals surface area contributed by atoms with Crippen molar-refractivity contribution in [3.63, 3.8) is 0 Å². The Hall–Kier alpha value is -2.94. The highest BCUT2D eigenvalue weighted by molar-refractivity contribution is 7.82. The van der Waals surface area contributed by atoms with Gasteiger partial charge in [-0.15, -0.1) is 0 Å². The lowest BCUT2D eigenvalue weighted by Crippen LogP contribution is -2.27. The second kappa shape index (κ2) is 9.84. The SMILES string of the molecule is O=C(/C(=C(/C1(O)CC1)P(=O)(c1ccc(Cl)cc1)c1ccc(Cl)cc1)c1ccccc1)c1ccccc1. The van der Waals surface area contributed by atoms with Crippen molar-refractivity contribution in [2.24, 2.45) is 0 Å². The maximum atomic E-state index is 15.5. The first-order chi connectivity index (χ1) is 17.3. The van der Waals surface area contributed by atoms with Gasteiger partial charge in [0.15, 0.2) is 12.9 Å². The molecule has 4 aromatic rings. The van der Waals surface area contributed by atoms with Gasteiger partial charge in [0, 0.05) is 37.1 Å². The first kappa shape index (κ1) is 24.7. The summed E-state index contributed by atoms with van der Waals surface area (Å²) >= 11 is 12.4. The zero-order valence-corrected chi connectivity index (χ0v) is 21.7. The van der Waals surface area contributed by atoms with Gasteiger partial charge in [-0.25, -0.2) is 0 Å². The van der Waals surface area contributed by atoms with Crippen LogP contribution in [0.5, 0.6) is 0 Å². The molecule has 0 amide bonds. The van der Waals surface area contributed by atoms with Crippen molar-refractivity contribution in [1.29, 1.82) is 0 Å². The normalized spacial score (nSPS) is 15.2. The number of Topliss-reactive ketones (excluding diaryl/α,β-unsaturated/α-hetero) is 1. The average molecular weight is 533 g/mol. The topological polar surface area (TPSA) is 54.4 Å². The van der Waals surface area contributed by atoms with Crippen molar-refractivity contribution < 1.29 is 14.5 Å². The minimum Gasteiger partial charge on any atom is -0.385 e. The van der Waals surface area contributed by atoms with Crippen LogP contribution in [0, 0.1) is 0 Å². The molecule has 0 spiro atoms. The van der Waals surface area contributed by atoms with Crippen molar-refractivity contribution >= 4 is 52.3 Å². The van der Waals surface area contributed by atoms with Gasteiger partial charge in [-0.1, -0.05) is 83.9 Å². The number of carbonyl (C=O) groups is 1. The molecular weight excluding hydrogens is 510 g/mol. The van der Waals surface area contributed by atoms with Crippen LogP contribution in [0.3, 0.4) is 0 Å². The van der Waals surface area contributed by atoms with E-state index in [1.165, 1.54) is 0 Å². The van der Waals surface area contributed by atoms with E-state index in [1.807, 2.05) is 36.4 Å². The summed E-state index contributed by atoms with van der Waals surface area (Å²) in [6, 6.07) is 31.6. The Balaban J connectivity index is 1.91. The van der Waals surface area contributed by atoms with E-state index in [-0.39, 0.29) is 16.7 Å². The van der Waals surface area contributed by atoms with Crippen LogP contribution in [-0.2, 0) is 4.57 Å². The Morgan fingerprint density at radius 3 is 1.50 bits per heavy atom. The summed E-state index contributed by atoms with van der Waals surface area (Å²) in [5.74, 6) is -0.291. The second-order valence-corrected chi connectivity index (χ2v) is 12.4. The molecule has 36 heavy (non-hydrogen) atoms. The number of benzene rings is 4. The molecule has 0 radical (unpaired) electrons. The molecular formula is C30H23Cl2O3P. The largest absolute Gasteiger partial charge is 0.385 e. The van der Waals surface area contributed by atoms with Crippen LogP contribution < -0.4 is 10.6 Å². The average Bonchev–Trinajstić information content (AvgIpc) is 3.65. The number of allylic oxidation sites excluding steroid dienone is 1. The lowest BCUT2D eigenvalue weighted by Gasteiger charge is -2.29. The van der Waals surface area contributed by atoms with Crippen molar-refractivity contribution in [3.05, 3.63) is 136 Å². The third-order valence-electron chi connectivity index (χ3n) is 6.42. The molecule has 6 heteroatoms. The number of ketones is 1. The van der Waals surface area contributed by atoms with E-state index < -0.39 is 12.7 Å². The third kappa shape index (κ3) is 4.61. The first-order valence-electron chi connectivity index (χ1n) is 11.6. The zero-order chi connectivity index (χ0) is 25.3. The van der Waals surface area contributed by atoms with Crippen LogP contribution in [0.25, 0.3) is 5.57 Å². The van der Waals surface area contributed by atoms with Gasteiger partial charge in [-0.05, 0) is 66.9 Å². The summed E-state index contributed by atoms with van der Waals surface area (Å²) in [6.07, 6.45) is 0.817. The van der Waals surface area contributed by atoms with Gasteiger partial charge in [0.05, 0.1) is 5.60 Å². The van der Waals surface area contributed by atoms with Crippen molar-refractivity contribution in [3.8, 4) is 0 Å². The number of halogens is 2. The van der Waals surface area contributed by atoms with Gasteiger partial charge in [0.1, 0.15) is 0 Å². The molecule has 3 nitrogen and oxygen atoms in total. The van der Waals surface area contributed by atoms with Gasteiger partial charge in [0.25, 0.3) is 0 Å². The molecule has 4 aromatic carbocycles. The lowest BCUT2D eigenvalue weighted by molar-refractivity contribution is 0.105. The first-order valence-corrected chi connectivity index (χ1v) is 14.0. The highest BCUT2D eigenvalue weighted by Gasteiger charge is 2.54. The molecule has 1 N–H and O–H groups in total. The van der Waals surface area contributed by atoms with E-state index in [2.05, 4.69) is 0 Å². The lowest BCUT2D eigenvalue weighted by atomic mass is 9.94. The Bertz CT molecular complexity index is 1430. The van der Waals surface area contributed by atoms with Crippen LogP contribution in [0.15, 0.2) is 115 Å². The molecule has 1 aliphatic rings. The summed E-state index contributed by atoms with van der Waals surface area (Å²) in [4.78, 5) is 14.1. The van der Waals surface area contributed by atoms with Crippen molar-refractivity contribution in [1.82, 2.24) is 0 Å². The summed E-state index contributed by atoms with van der Waals surface area (Å²) in [6.45, 7) is 0. The monoisotopic (exact) mass is 532 g/mol. The minimum absolute atomic E-state index is 0.250. The number of rotatable bonds is 7. The van der Waals surface area contributed by atoms with Crippen LogP contribution >= 0.6 is 30.3 Å². The molecule has 1 aliphatic carbocycles. The van der Waals surface area contributed by atoms with E-state index in [4.69, 9.17) is 23.2 Å². The Morgan fingerprint density at radius 2 is 1.08 bits per heavy atom. The van der Waals surface area contributed by atoms with Gasteiger partial charge in [0.2, 0.25) is 0 Å². The molecule has 0 saturated heterocycles. The van der Waals surface area contributed by atoms with E-state index in [1.54, 1.807) is 72.8 Å². The van der Waals surface area contributed by atoms with Crippen molar-refractivity contribution in [2.75, 3.05) is 0 Å². The maximum Gasteiger partial charge on any atom is 0.194 e. The van der Waals surface area contributed by atoms with Crippen LogP contribution in [-0.4, -0.2) is 16.5 Å². The zero-order valence-electron chi connectivity index (χ0n) is 19.3. The molecule has 5 rings (SSSR count). The molecule has 0 aromatic heterocycles. The van der Waals surface area contributed by atoms with E-state index in [0.717, 1.165) is 0 Å². The number of hydrogen-bond acceptors (Lipinski definition) is 3. The Labute approximate surface area is 220 Å². The third-order valence-corrected chi connectivity index (χ3v) is 10.2. The maximum absolute atomic E-state index is 15.5. The summed E-state index contributed by atoms with van der Waals surface area (Å²) < 4.78 is 15.5. The smallest absolute Gasteiger partial charge is 0.194 e. The second-order valence-electron chi connectivity index (χ2n) is 8.88. The molecule has 1 saturated carbocycles. The number of aliphatic hydroxyl groups is 1. The standard InChI is InChI=1S/C30H23Cl2O3P/c31-23-11-15-25(16-12-23)36(35,26-17-13-24(32)14-18-26)29(30(34)19-20-30)27(21-7-3-1-4-8-21)28(33)22-9-5-2-6-10-22/h1-18,34H,19-20H2/b29-27-. The van der Waals surface area contributed by atoms with Crippen LogP contribution in [0.1, 0.15) is 28.8 Å². The Morgan fingerprint density at radius 1 is 0.667 bits per heavy atom. The van der Waals surface area contributed by atoms with Crippen molar-refractivity contribution in [2.45, 2.75) is 18.4 Å².